The van der Waals surface area contributed by atoms with E-state index >= 15 is 0 Å². The molecule has 0 aromatic heterocycles. The Kier molecular flexibility index (Phi) is 4.08. The number of hydrogen-bond donors (Lipinski definition) is 0. The Labute approximate surface area is 118 Å². The zero-order valence-electron chi connectivity index (χ0n) is 9.81. The number of nitrogens with zero attached hydrogens (tertiary/aromatic N) is 1. The summed E-state index contributed by atoms with van der Waals surface area (Å²) in [6.45, 7) is 0. The fraction of sp³-hybridized carbons (Fsp3) is 0.0667. The van der Waals surface area contributed by atoms with Gasteiger partial charge in [0.15, 0.2) is 5.78 Å². The molecule has 2 rings (SSSR count). The van der Waals surface area contributed by atoms with Crippen LogP contribution in [0.2, 0.25) is 0 Å². The third-order valence-corrected chi connectivity index (χ3v) is 3.21. The van der Waals surface area contributed by atoms with Crippen molar-refractivity contribution in [1.82, 2.24) is 0 Å². The maximum Gasteiger partial charge on any atom is 0.187 e. The molecule has 0 saturated heterocycles. The molecule has 0 aliphatic rings. The van der Waals surface area contributed by atoms with E-state index in [1.807, 2.05) is 6.07 Å². The van der Waals surface area contributed by atoms with Crippen LogP contribution in [0.1, 0.15) is 21.8 Å². The van der Waals surface area contributed by atoms with Crippen LogP contribution in [0.5, 0.6) is 0 Å². The lowest BCUT2D eigenvalue weighted by atomic mass is 9.92. The molecule has 0 aliphatic heterocycles. The van der Waals surface area contributed by atoms with Crippen LogP contribution in [0.15, 0.2) is 53.0 Å². The van der Waals surface area contributed by atoms with Gasteiger partial charge < -0.3 is 0 Å². The highest BCUT2D eigenvalue weighted by molar-refractivity contribution is 9.10. The third kappa shape index (κ3) is 2.88. The van der Waals surface area contributed by atoms with Crippen LogP contribution in [-0.2, 0) is 0 Å². The van der Waals surface area contributed by atoms with Crippen molar-refractivity contribution in [2.75, 3.05) is 0 Å². The van der Waals surface area contributed by atoms with E-state index in [0.717, 1.165) is 0 Å². The quantitative estimate of drug-likeness (QED) is 0.800. The van der Waals surface area contributed by atoms with Crippen LogP contribution >= 0.6 is 15.9 Å². The Morgan fingerprint density at radius 1 is 1.21 bits per heavy atom. The molecule has 2 aromatic carbocycles. The molecule has 0 aliphatic carbocycles. The Hall–Kier alpha value is -1.99. The Morgan fingerprint density at radius 2 is 1.89 bits per heavy atom. The van der Waals surface area contributed by atoms with Crippen LogP contribution < -0.4 is 0 Å². The third-order valence-electron chi connectivity index (χ3n) is 2.72. The molecule has 0 heterocycles. The number of benzene rings is 2. The zero-order chi connectivity index (χ0) is 13.8. The van der Waals surface area contributed by atoms with Gasteiger partial charge in [0.25, 0.3) is 0 Å². The molecule has 0 saturated carbocycles. The van der Waals surface area contributed by atoms with E-state index in [1.54, 1.807) is 30.3 Å². The van der Waals surface area contributed by atoms with Gasteiger partial charge in [-0.3, -0.25) is 4.79 Å². The molecule has 94 valence electrons. The maximum absolute atomic E-state index is 13.7. The fourth-order valence-corrected chi connectivity index (χ4v) is 2.13. The first kappa shape index (κ1) is 13.4. The lowest BCUT2D eigenvalue weighted by molar-refractivity contribution is 0.0975. The van der Waals surface area contributed by atoms with Crippen molar-refractivity contribution in [2.45, 2.75) is 5.92 Å². The summed E-state index contributed by atoms with van der Waals surface area (Å²) in [6, 6.07) is 14.7. The summed E-state index contributed by atoms with van der Waals surface area (Å²) < 4.78 is 14.3. The summed E-state index contributed by atoms with van der Waals surface area (Å²) in [5, 5.41) is 9.17. The SMILES string of the molecule is N#CC(C(=O)c1cc(Br)ccc1F)c1ccccc1. The molecule has 1 atom stereocenters. The Morgan fingerprint density at radius 3 is 2.53 bits per heavy atom. The molecule has 0 bridgehead atoms. The maximum atomic E-state index is 13.7. The molecule has 2 aromatic rings. The highest BCUT2D eigenvalue weighted by Crippen LogP contribution is 2.24. The minimum atomic E-state index is -0.995. The smallest absolute Gasteiger partial charge is 0.187 e. The van der Waals surface area contributed by atoms with E-state index in [4.69, 9.17) is 5.26 Å². The molecule has 4 heteroatoms. The van der Waals surface area contributed by atoms with Crippen LogP contribution in [-0.4, -0.2) is 5.78 Å². The molecule has 0 amide bonds. The molecule has 2 nitrogen and oxygen atoms in total. The fourth-order valence-electron chi connectivity index (χ4n) is 1.77. The first-order valence-electron chi connectivity index (χ1n) is 5.57. The van der Waals surface area contributed by atoms with E-state index in [1.165, 1.54) is 18.2 Å². The molecule has 0 radical (unpaired) electrons. The summed E-state index contributed by atoms with van der Waals surface area (Å²) >= 11 is 3.19. The van der Waals surface area contributed by atoms with Gasteiger partial charge in [0.05, 0.1) is 11.6 Å². The Bertz CT molecular complexity index is 649. The monoisotopic (exact) mass is 317 g/mol. The standard InChI is InChI=1S/C15H9BrFNO/c16-11-6-7-14(17)12(8-11)15(19)13(9-18)10-4-2-1-3-5-10/h1-8,13H. The van der Waals surface area contributed by atoms with Crippen molar-refractivity contribution in [3.05, 3.63) is 69.9 Å². The van der Waals surface area contributed by atoms with E-state index < -0.39 is 17.5 Å². The number of ketones is 1. The van der Waals surface area contributed by atoms with Gasteiger partial charge in [-0.1, -0.05) is 46.3 Å². The van der Waals surface area contributed by atoms with Crippen LogP contribution in [0, 0.1) is 17.1 Å². The second-order valence-corrected chi connectivity index (χ2v) is 4.88. The van der Waals surface area contributed by atoms with Crippen molar-refractivity contribution >= 4 is 21.7 Å². The molecule has 0 spiro atoms. The highest BCUT2D eigenvalue weighted by Gasteiger charge is 2.24. The molecular formula is C15H9BrFNO. The Balaban J connectivity index is 2.43. The first-order chi connectivity index (χ1) is 9.13. The zero-order valence-corrected chi connectivity index (χ0v) is 11.4. The molecular weight excluding hydrogens is 309 g/mol. The lowest BCUT2D eigenvalue weighted by Crippen LogP contribution is -2.13. The van der Waals surface area contributed by atoms with Crippen molar-refractivity contribution in [1.29, 1.82) is 5.26 Å². The summed E-state index contributed by atoms with van der Waals surface area (Å²) in [4.78, 5) is 12.3. The van der Waals surface area contributed by atoms with Gasteiger partial charge in [-0.2, -0.15) is 5.26 Å². The van der Waals surface area contributed by atoms with Crippen LogP contribution in [0.25, 0.3) is 0 Å². The first-order valence-corrected chi connectivity index (χ1v) is 6.36. The minimum absolute atomic E-state index is 0.0789. The lowest BCUT2D eigenvalue weighted by Gasteiger charge is -2.09. The summed E-state index contributed by atoms with van der Waals surface area (Å²) in [7, 11) is 0. The predicted octanol–water partition coefficient (Wildman–Crippen LogP) is 4.08. The van der Waals surface area contributed by atoms with E-state index in [9.17, 15) is 9.18 Å². The van der Waals surface area contributed by atoms with Crippen molar-refractivity contribution < 1.29 is 9.18 Å². The summed E-state index contributed by atoms with van der Waals surface area (Å²) in [5.41, 5.74) is 0.485. The van der Waals surface area contributed by atoms with Crippen LogP contribution in [0.3, 0.4) is 0 Å². The van der Waals surface area contributed by atoms with Gasteiger partial charge in [0.1, 0.15) is 11.7 Å². The number of rotatable bonds is 3. The normalized spacial score (nSPS) is 11.6. The van der Waals surface area contributed by atoms with Gasteiger partial charge in [0, 0.05) is 4.47 Å². The highest BCUT2D eigenvalue weighted by atomic mass is 79.9. The van der Waals surface area contributed by atoms with Crippen molar-refractivity contribution in [3.63, 3.8) is 0 Å². The average Bonchev–Trinajstić information content (AvgIpc) is 2.43. The summed E-state index contributed by atoms with van der Waals surface area (Å²) in [5.74, 6) is -2.15. The van der Waals surface area contributed by atoms with Gasteiger partial charge in [-0.15, -0.1) is 0 Å². The van der Waals surface area contributed by atoms with Crippen molar-refractivity contribution in [3.8, 4) is 6.07 Å². The van der Waals surface area contributed by atoms with E-state index in [2.05, 4.69) is 15.9 Å². The van der Waals surface area contributed by atoms with Gasteiger partial charge in [0.2, 0.25) is 0 Å². The number of Topliss-reactive ketones (excluding diaryl/α,β-unsaturated/α-hetero) is 1. The number of carbonyl (C=O) groups excluding carboxylic acids is 1. The molecule has 0 N–H and O–H groups in total. The topological polar surface area (TPSA) is 40.9 Å². The predicted molar refractivity (Wildman–Crippen MR) is 73.2 cm³/mol. The second kappa shape index (κ2) is 5.77. The van der Waals surface area contributed by atoms with Crippen molar-refractivity contribution in [2.24, 2.45) is 0 Å². The number of nitriles is 1. The average molecular weight is 318 g/mol. The number of hydrogen-bond acceptors (Lipinski definition) is 2. The van der Waals surface area contributed by atoms with Gasteiger partial charge in [-0.05, 0) is 23.8 Å². The molecule has 1 unspecified atom stereocenters. The van der Waals surface area contributed by atoms with Gasteiger partial charge >= 0.3 is 0 Å². The summed E-state index contributed by atoms with van der Waals surface area (Å²) in [6.07, 6.45) is 0. The van der Waals surface area contributed by atoms with Crippen LogP contribution in [0.4, 0.5) is 4.39 Å². The van der Waals surface area contributed by atoms with E-state index in [-0.39, 0.29) is 5.56 Å². The van der Waals surface area contributed by atoms with E-state index in [0.29, 0.717) is 10.0 Å². The largest absolute Gasteiger partial charge is 0.292 e. The number of carbonyl (C=O) groups is 1. The molecule has 0 fully saturated rings. The van der Waals surface area contributed by atoms with Gasteiger partial charge in [-0.25, -0.2) is 4.39 Å². The minimum Gasteiger partial charge on any atom is -0.292 e. The second-order valence-electron chi connectivity index (χ2n) is 3.96. The molecule has 19 heavy (non-hydrogen) atoms. The number of halogens is 2.